The number of aryl methyl sites for hydroxylation is 3. The standard InChI is InChI=1S/C13H18BrN5O/c1-6-19-9(4)11(7(2)16-19)15-13(20)12-10(14)8(3)18(5)17-12/h6H2,1-5H3,(H,15,20). The lowest BCUT2D eigenvalue weighted by molar-refractivity contribution is 0.102. The van der Waals surface area contributed by atoms with E-state index in [0.29, 0.717) is 5.69 Å². The first kappa shape index (κ1) is 14.8. The normalized spacial score (nSPS) is 10.9. The van der Waals surface area contributed by atoms with Gasteiger partial charge in [0.1, 0.15) is 0 Å². The maximum Gasteiger partial charge on any atom is 0.277 e. The summed E-state index contributed by atoms with van der Waals surface area (Å²) in [5.41, 5.74) is 3.80. The molecule has 108 valence electrons. The smallest absolute Gasteiger partial charge is 0.277 e. The summed E-state index contributed by atoms with van der Waals surface area (Å²) in [6, 6.07) is 0. The van der Waals surface area contributed by atoms with Crippen LogP contribution in [0, 0.1) is 20.8 Å². The molecule has 0 fully saturated rings. The van der Waals surface area contributed by atoms with Crippen molar-refractivity contribution >= 4 is 27.5 Å². The third-order valence-electron chi connectivity index (χ3n) is 3.40. The van der Waals surface area contributed by atoms with Crippen molar-refractivity contribution in [1.29, 1.82) is 0 Å². The number of rotatable bonds is 3. The van der Waals surface area contributed by atoms with Crippen molar-refractivity contribution in [3.63, 3.8) is 0 Å². The summed E-state index contributed by atoms with van der Waals surface area (Å²) in [5.74, 6) is -0.234. The van der Waals surface area contributed by atoms with Crippen LogP contribution < -0.4 is 5.32 Å². The van der Waals surface area contributed by atoms with Gasteiger partial charge >= 0.3 is 0 Å². The number of hydrogen-bond donors (Lipinski definition) is 1. The average Bonchev–Trinajstić information content (AvgIpc) is 2.83. The molecule has 2 heterocycles. The molecule has 0 saturated carbocycles. The van der Waals surface area contributed by atoms with Crippen molar-refractivity contribution in [1.82, 2.24) is 19.6 Å². The van der Waals surface area contributed by atoms with Crippen molar-refractivity contribution in [2.24, 2.45) is 7.05 Å². The minimum atomic E-state index is -0.234. The molecule has 0 aliphatic rings. The zero-order valence-corrected chi connectivity index (χ0v) is 13.9. The zero-order chi connectivity index (χ0) is 15.0. The molecule has 0 saturated heterocycles. The van der Waals surface area contributed by atoms with Crippen LogP contribution in [0.25, 0.3) is 0 Å². The van der Waals surface area contributed by atoms with E-state index >= 15 is 0 Å². The number of aromatic nitrogens is 4. The Kier molecular flexibility index (Phi) is 3.99. The summed E-state index contributed by atoms with van der Waals surface area (Å²) in [6.07, 6.45) is 0. The highest BCUT2D eigenvalue weighted by molar-refractivity contribution is 9.10. The number of hydrogen-bond acceptors (Lipinski definition) is 3. The van der Waals surface area contributed by atoms with E-state index < -0.39 is 0 Å². The molecule has 0 atom stereocenters. The second kappa shape index (κ2) is 5.40. The Morgan fingerprint density at radius 2 is 1.90 bits per heavy atom. The molecule has 1 N–H and O–H groups in total. The van der Waals surface area contributed by atoms with Gasteiger partial charge in [-0.3, -0.25) is 14.2 Å². The molecular weight excluding hydrogens is 322 g/mol. The molecule has 0 aromatic carbocycles. The number of nitrogens with one attached hydrogen (secondary N) is 1. The van der Waals surface area contributed by atoms with Crippen LogP contribution in [0.1, 0.15) is 34.5 Å². The zero-order valence-electron chi connectivity index (χ0n) is 12.3. The summed E-state index contributed by atoms with van der Waals surface area (Å²) in [4.78, 5) is 12.3. The molecule has 1 amide bonds. The summed E-state index contributed by atoms with van der Waals surface area (Å²) < 4.78 is 4.26. The Hall–Kier alpha value is -1.63. The van der Waals surface area contributed by atoms with Gasteiger partial charge in [-0.1, -0.05) is 0 Å². The lowest BCUT2D eigenvalue weighted by Crippen LogP contribution is -2.15. The summed E-state index contributed by atoms with van der Waals surface area (Å²) in [6.45, 7) is 8.52. The molecule has 0 radical (unpaired) electrons. The molecule has 0 spiro atoms. The minimum absolute atomic E-state index is 0.234. The lowest BCUT2D eigenvalue weighted by atomic mass is 10.3. The molecule has 2 rings (SSSR count). The number of halogens is 1. The largest absolute Gasteiger partial charge is 0.317 e. The molecule has 0 aliphatic heterocycles. The van der Waals surface area contributed by atoms with Crippen molar-refractivity contribution in [2.75, 3.05) is 5.32 Å². The van der Waals surface area contributed by atoms with E-state index in [0.717, 1.165) is 33.8 Å². The van der Waals surface area contributed by atoms with Gasteiger partial charge in [0.25, 0.3) is 5.91 Å². The van der Waals surface area contributed by atoms with Crippen LogP contribution in [0.3, 0.4) is 0 Å². The van der Waals surface area contributed by atoms with E-state index in [4.69, 9.17) is 0 Å². The maximum absolute atomic E-state index is 12.3. The second-order valence-corrected chi connectivity index (χ2v) is 5.48. The molecule has 2 aromatic rings. The Bertz CT molecular complexity index is 671. The molecule has 20 heavy (non-hydrogen) atoms. The highest BCUT2D eigenvalue weighted by Crippen LogP contribution is 2.24. The Labute approximate surface area is 126 Å². The fourth-order valence-electron chi connectivity index (χ4n) is 2.09. The Balaban J connectivity index is 2.33. The van der Waals surface area contributed by atoms with Crippen LogP contribution in [0.15, 0.2) is 4.47 Å². The van der Waals surface area contributed by atoms with Gasteiger partial charge in [0.15, 0.2) is 5.69 Å². The minimum Gasteiger partial charge on any atom is -0.317 e. The summed E-state index contributed by atoms with van der Waals surface area (Å²) in [7, 11) is 1.81. The van der Waals surface area contributed by atoms with Gasteiger partial charge in [-0.2, -0.15) is 10.2 Å². The van der Waals surface area contributed by atoms with E-state index in [1.807, 2.05) is 39.4 Å². The maximum atomic E-state index is 12.3. The van der Waals surface area contributed by atoms with Gasteiger partial charge in [-0.15, -0.1) is 0 Å². The highest BCUT2D eigenvalue weighted by atomic mass is 79.9. The van der Waals surface area contributed by atoms with Gasteiger partial charge in [0.2, 0.25) is 0 Å². The van der Waals surface area contributed by atoms with E-state index in [1.54, 1.807) is 4.68 Å². The number of amides is 1. The van der Waals surface area contributed by atoms with Gasteiger partial charge in [0, 0.05) is 13.6 Å². The molecule has 7 heteroatoms. The number of carbonyl (C=O) groups excluding carboxylic acids is 1. The number of carbonyl (C=O) groups is 1. The monoisotopic (exact) mass is 339 g/mol. The highest BCUT2D eigenvalue weighted by Gasteiger charge is 2.20. The average molecular weight is 340 g/mol. The van der Waals surface area contributed by atoms with Crippen molar-refractivity contribution in [2.45, 2.75) is 34.2 Å². The van der Waals surface area contributed by atoms with Crippen LogP contribution in [0.5, 0.6) is 0 Å². The predicted octanol–water partition coefficient (Wildman–Crippen LogP) is 2.58. The molecule has 6 nitrogen and oxygen atoms in total. The molecular formula is C13H18BrN5O. The predicted molar refractivity (Wildman–Crippen MR) is 81.0 cm³/mol. The summed E-state index contributed by atoms with van der Waals surface area (Å²) >= 11 is 3.41. The molecule has 0 aliphatic carbocycles. The quantitative estimate of drug-likeness (QED) is 0.934. The molecule has 0 unspecified atom stereocenters. The van der Waals surface area contributed by atoms with Crippen molar-refractivity contribution in [3.05, 3.63) is 27.2 Å². The fraction of sp³-hybridized carbons (Fsp3) is 0.462. The number of anilines is 1. The van der Waals surface area contributed by atoms with Gasteiger partial charge in [0.05, 0.1) is 27.2 Å². The van der Waals surface area contributed by atoms with Crippen LogP contribution in [-0.2, 0) is 13.6 Å². The second-order valence-electron chi connectivity index (χ2n) is 4.69. The van der Waals surface area contributed by atoms with E-state index in [2.05, 4.69) is 31.4 Å². The van der Waals surface area contributed by atoms with Crippen molar-refractivity contribution in [3.8, 4) is 0 Å². The SMILES string of the molecule is CCn1nc(C)c(NC(=O)c2nn(C)c(C)c2Br)c1C. The fourth-order valence-corrected chi connectivity index (χ4v) is 2.60. The number of nitrogens with zero attached hydrogens (tertiary/aromatic N) is 4. The Morgan fingerprint density at radius 3 is 2.35 bits per heavy atom. The first-order valence-electron chi connectivity index (χ1n) is 6.41. The summed E-state index contributed by atoms with van der Waals surface area (Å²) in [5, 5.41) is 11.5. The van der Waals surface area contributed by atoms with Crippen LogP contribution in [-0.4, -0.2) is 25.5 Å². The third kappa shape index (κ3) is 2.37. The van der Waals surface area contributed by atoms with E-state index in [9.17, 15) is 4.79 Å². The van der Waals surface area contributed by atoms with Crippen LogP contribution >= 0.6 is 15.9 Å². The van der Waals surface area contributed by atoms with Gasteiger partial charge < -0.3 is 5.32 Å². The third-order valence-corrected chi connectivity index (χ3v) is 4.34. The van der Waals surface area contributed by atoms with Crippen LogP contribution in [0.2, 0.25) is 0 Å². The van der Waals surface area contributed by atoms with Crippen LogP contribution in [0.4, 0.5) is 5.69 Å². The van der Waals surface area contributed by atoms with E-state index in [1.165, 1.54) is 0 Å². The van der Waals surface area contributed by atoms with Crippen molar-refractivity contribution < 1.29 is 4.79 Å². The molecule has 0 bridgehead atoms. The Morgan fingerprint density at radius 1 is 1.25 bits per heavy atom. The lowest BCUT2D eigenvalue weighted by Gasteiger charge is -2.04. The topological polar surface area (TPSA) is 64.7 Å². The first-order chi connectivity index (χ1) is 9.36. The molecule has 2 aromatic heterocycles. The van der Waals surface area contributed by atoms with Gasteiger partial charge in [-0.05, 0) is 43.6 Å². The van der Waals surface area contributed by atoms with E-state index in [-0.39, 0.29) is 5.91 Å². The first-order valence-corrected chi connectivity index (χ1v) is 7.20. The van der Waals surface area contributed by atoms with Gasteiger partial charge in [-0.25, -0.2) is 0 Å².